The fourth-order valence-electron chi connectivity index (χ4n) is 5.09. The Labute approximate surface area is 177 Å². The molecule has 6 aromatic rings. The highest BCUT2D eigenvalue weighted by molar-refractivity contribution is 6.88. The number of benzene rings is 6. The molecule has 6 rings (SSSR count). The average molecular weight is 401 g/mol. The number of hydrogen-bond acceptors (Lipinski definition) is 0. The molecule has 0 saturated carbocycles. The van der Waals surface area contributed by atoms with Crippen LogP contribution in [0.2, 0.25) is 19.6 Å². The molecule has 0 radical (unpaired) electrons. The molecule has 6 aromatic carbocycles. The van der Waals surface area contributed by atoms with E-state index in [1.807, 2.05) is 0 Å². The zero-order valence-corrected chi connectivity index (χ0v) is 18.7. The Morgan fingerprint density at radius 1 is 0.400 bits per heavy atom. The largest absolute Gasteiger partial charge is 0.0776 e. The molecule has 0 aliphatic heterocycles. The third-order valence-electron chi connectivity index (χ3n) is 6.57. The molecule has 0 fully saturated rings. The maximum absolute atomic E-state index is 2.50. The van der Waals surface area contributed by atoms with Crippen molar-refractivity contribution < 1.29 is 0 Å². The molecule has 0 nitrogen and oxygen atoms in total. The Kier molecular flexibility index (Phi) is 3.63. The number of rotatable bonds is 1. The normalized spacial score (nSPS) is 12.5. The highest BCUT2D eigenvalue weighted by Crippen LogP contribution is 2.43. The van der Waals surface area contributed by atoms with Crippen molar-refractivity contribution in [2.45, 2.75) is 19.6 Å². The standard InChI is InChI=1S/C29H24Si/c1-30(2,3)19-16-17-23-22-12-6-8-14-25(22)28-24-13-7-4-10-20(24)21-11-5-9-15-26(21)29(28)27(23)18-19/h4-18H,1-3H3. The number of fused-ring (bicyclic) bond motifs is 11. The van der Waals surface area contributed by atoms with Crippen LogP contribution in [0.15, 0.2) is 91.0 Å². The first-order chi connectivity index (χ1) is 14.5. The van der Waals surface area contributed by atoms with Crippen molar-refractivity contribution in [2.24, 2.45) is 0 Å². The summed E-state index contributed by atoms with van der Waals surface area (Å²) < 4.78 is 0. The molecule has 0 bridgehead atoms. The van der Waals surface area contributed by atoms with E-state index >= 15 is 0 Å². The van der Waals surface area contributed by atoms with Crippen LogP contribution < -0.4 is 5.19 Å². The van der Waals surface area contributed by atoms with E-state index in [1.54, 1.807) is 0 Å². The van der Waals surface area contributed by atoms with Crippen LogP contribution in [0.4, 0.5) is 0 Å². The molecular formula is C29H24Si. The van der Waals surface area contributed by atoms with Gasteiger partial charge in [0.05, 0.1) is 8.07 Å². The zero-order chi connectivity index (χ0) is 20.5. The van der Waals surface area contributed by atoms with E-state index < -0.39 is 8.07 Å². The lowest BCUT2D eigenvalue weighted by atomic mass is 9.87. The summed E-state index contributed by atoms with van der Waals surface area (Å²) in [6.45, 7) is 7.31. The van der Waals surface area contributed by atoms with Gasteiger partial charge in [-0.1, -0.05) is 116 Å². The molecular weight excluding hydrogens is 376 g/mol. The topological polar surface area (TPSA) is 0 Å². The summed E-state index contributed by atoms with van der Waals surface area (Å²) in [6.07, 6.45) is 0. The maximum Gasteiger partial charge on any atom is 0.0776 e. The summed E-state index contributed by atoms with van der Waals surface area (Å²) in [6, 6.07) is 34.0. The highest BCUT2D eigenvalue weighted by Gasteiger charge is 2.20. The Bertz CT molecular complexity index is 1600. The van der Waals surface area contributed by atoms with Crippen molar-refractivity contribution in [3.8, 4) is 0 Å². The van der Waals surface area contributed by atoms with E-state index in [1.165, 1.54) is 59.0 Å². The van der Waals surface area contributed by atoms with E-state index in [4.69, 9.17) is 0 Å². The molecule has 0 unspecified atom stereocenters. The van der Waals surface area contributed by atoms with Crippen molar-refractivity contribution in [3.63, 3.8) is 0 Å². The van der Waals surface area contributed by atoms with E-state index in [-0.39, 0.29) is 0 Å². The molecule has 0 spiro atoms. The van der Waals surface area contributed by atoms with E-state index in [0.717, 1.165) is 0 Å². The first-order valence-corrected chi connectivity index (χ1v) is 14.2. The molecule has 0 atom stereocenters. The smallest absolute Gasteiger partial charge is 0.0656 e. The van der Waals surface area contributed by atoms with Crippen LogP contribution >= 0.6 is 0 Å². The Balaban J connectivity index is 2.04. The van der Waals surface area contributed by atoms with Gasteiger partial charge in [0.25, 0.3) is 0 Å². The van der Waals surface area contributed by atoms with Crippen molar-refractivity contribution in [1.82, 2.24) is 0 Å². The van der Waals surface area contributed by atoms with Crippen LogP contribution in [0.3, 0.4) is 0 Å². The third kappa shape index (κ3) is 2.39. The summed E-state index contributed by atoms with van der Waals surface area (Å²) in [7, 11) is -1.43. The molecule has 30 heavy (non-hydrogen) atoms. The quantitative estimate of drug-likeness (QED) is 0.194. The average Bonchev–Trinajstić information content (AvgIpc) is 2.78. The first kappa shape index (κ1) is 17.7. The van der Waals surface area contributed by atoms with Gasteiger partial charge < -0.3 is 0 Å². The van der Waals surface area contributed by atoms with Gasteiger partial charge in [0.1, 0.15) is 0 Å². The van der Waals surface area contributed by atoms with E-state index in [0.29, 0.717) is 0 Å². The van der Waals surface area contributed by atoms with Gasteiger partial charge in [-0.3, -0.25) is 0 Å². The summed E-state index contributed by atoms with van der Waals surface area (Å²) in [5.41, 5.74) is 0. The van der Waals surface area contributed by atoms with Gasteiger partial charge in [-0.15, -0.1) is 0 Å². The number of hydrogen-bond donors (Lipinski definition) is 0. The van der Waals surface area contributed by atoms with Crippen molar-refractivity contribution in [3.05, 3.63) is 91.0 Å². The van der Waals surface area contributed by atoms with Crippen LogP contribution in [0.25, 0.3) is 53.9 Å². The Hall–Kier alpha value is -3.16. The van der Waals surface area contributed by atoms with Crippen LogP contribution in [0, 0.1) is 0 Å². The molecule has 1 heteroatoms. The lowest BCUT2D eigenvalue weighted by Crippen LogP contribution is -2.37. The van der Waals surface area contributed by atoms with Gasteiger partial charge in [0.15, 0.2) is 0 Å². The Morgan fingerprint density at radius 2 is 0.767 bits per heavy atom. The van der Waals surface area contributed by atoms with Gasteiger partial charge in [-0.2, -0.15) is 0 Å². The molecule has 0 aliphatic rings. The second-order valence-electron chi connectivity index (χ2n) is 9.40. The first-order valence-electron chi connectivity index (χ1n) is 10.7. The lowest BCUT2D eigenvalue weighted by Gasteiger charge is -2.20. The second kappa shape index (κ2) is 6.17. The minimum atomic E-state index is -1.43. The zero-order valence-electron chi connectivity index (χ0n) is 17.7. The minimum absolute atomic E-state index is 1.34. The van der Waals surface area contributed by atoms with E-state index in [9.17, 15) is 0 Å². The Morgan fingerprint density at radius 3 is 1.20 bits per heavy atom. The second-order valence-corrected chi connectivity index (χ2v) is 14.5. The van der Waals surface area contributed by atoms with Crippen molar-refractivity contribution in [1.29, 1.82) is 0 Å². The monoisotopic (exact) mass is 400 g/mol. The highest BCUT2D eigenvalue weighted by atomic mass is 28.3. The van der Waals surface area contributed by atoms with Crippen LogP contribution in [-0.2, 0) is 0 Å². The fourth-order valence-corrected chi connectivity index (χ4v) is 6.25. The minimum Gasteiger partial charge on any atom is -0.0656 e. The van der Waals surface area contributed by atoms with Crippen LogP contribution in [0.1, 0.15) is 0 Å². The summed E-state index contributed by atoms with van der Waals surface area (Å²) in [5, 5.41) is 15.2. The van der Waals surface area contributed by atoms with Crippen LogP contribution in [0.5, 0.6) is 0 Å². The summed E-state index contributed by atoms with van der Waals surface area (Å²) in [5.74, 6) is 0. The van der Waals surface area contributed by atoms with Crippen molar-refractivity contribution >= 4 is 67.1 Å². The molecule has 0 amide bonds. The molecule has 144 valence electrons. The van der Waals surface area contributed by atoms with Gasteiger partial charge in [-0.25, -0.2) is 0 Å². The van der Waals surface area contributed by atoms with Gasteiger partial charge in [0, 0.05) is 0 Å². The molecule has 0 aromatic heterocycles. The van der Waals surface area contributed by atoms with Crippen molar-refractivity contribution in [2.75, 3.05) is 0 Å². The van der Waals surface area contributed by atoms with E-state index in [2.05, 4.69) is 111 Å². The molecule has 0 aliphatic carbocycles. The third-order valence-corrected chi connectivity index (χ3v) is 8.62. The SMILES string of the molecule is C[Si](C)(C)c1ccc2c3ccccc3c3c4ccccc4c4ccccc4c3c2c1. The molecule has 0 N–H and O–H groups in total. The fraction of sp³-hybridized carbons (Fsp3) is 0.103. The van der Waals surface area contributed by atoms with Gasteiger partial charge in [-0.05, 0) is 53.9 Å². The predicted molar refractivity (Wildman–Crippen MR) is 137 cm³/mol. The van der Waals surface area contributed by atoms with Gasteiger partial charge in [0.2, 0.25) is 0 Å². The predicted octanol–water partition coefficient (Wildman–Crippen LogP) is 8.00. The maximum atomic E-state index is 2.50. The molecule has 0 saturated heterocycles. The summed E-state index contributed by atoms with van der Waals surface area (Å²) >= 11 is 0. The van der Waals surface area contributed by atoms with Crippen LogP contribution in [-0.4, -0.2) is 8.07 Å². The van der Waals surface area contributed by atoms with Gasteiger partial charge >= 0.3 is 0 Å². The molecule has 0 heterocycles. The lowest BCUT2D eigenvalue weighted by molar-refractivity contribution is 1.73. The summed E-state index contributed by atoms with van der Waals surface area (Å²) in [4.78, 5) is 0.